The lowest BCUT2D eigenvalue weighted by Crippen LogP contribution is -2.24. The van der Waals surface area contributed by atoms with Crippen molar-refractivity contribution >= 4 is 25.6 Å². The third-order valence-electron chi connectivity index (χ3n) is 3.51. The number of amides is 1. The summed E-state index contributed by atoms with van der Waals surface area (Å²) in [5, 5.41) is 2.84. The zero-order valence-electron chi connectivity index (χ0n) is 11.6. The number of allylic oxidation sites excluding steroid dienone is 1. The molecule has 2 rings (SSSR count). The van der Waals surface area contributed by atoms with Crippen LogP contribution < -0.4 is 5.32 Å². The van der Waals surface area contributed by atoms with Crippen molar-refractivity contribution in [2.24, 2.45) is 0 Å². The summed E-state index contributed by atoms with van der Waals surface area (Å²) in [5.74, 6) is -0.204. The molecule has 0 fully saturated rings. The van der Waals surface area contributed by atoms with E-state index in [4.69, 9.17) is 10.7 Å². The first kappa shape index (κ1) is 16.0. The molecule has 0 aromatic heterocycles. The molecule has 1 aliphatic rings. The molecule has 0 saturated carbocycles. The van der Waals surface area contributed by atoms with Crippen molar-refractivity contribution in [3.63, 3.8) is 0 Å². The van der Waals surface area contributed by atoms with E-state index in [1.165, 1.54) is 42.7 Å². The summed E-state index contributed by atoms with van der Waals surface area (Å²) >= 11 is 0. The molecule has 1 aromatic rings. The summed E-state index contributed by atoms with van der Waals surface area (Å²) in [7, 11) is 1.48. The van der Waals surface area contributed by atoms with Gasteiger partial charge in [0.05, 0.1) is 4.90 Å². The van der Waals surface area contributed by atoms with Crippen molar-refractivity contribution in [2.45, 2.75) is 37.0 Å². The fourth-order valence-corrected chi connectivity index (χ4v) is 3.11. The highest BCUT2D eigenvalue weighted by Crippen LogP contribution is 2.19. The summed E-state index contributed by atoms with van der Waals surface area (Å²) in [5.41, 5.74) is 1.84. The van der Waals surface area contributed by atoms with Crippen LogP contribution in [0.25, 0.3) is 0 Å². The fraction of sp³-hybridized carbons (Fsp3) is 0.400. The molecule has 0 aliphatic heterocycles. The summed E-state index contributed by atoms with van der Waals surface area (Å²) in [6.45, 7) is 0.597. The lowest BCUT2D eigenvalue weighted by molar-refractivity contribution is 0.0954. The van der Waals surface area contributed by atoms with Gasteiger partial charge in [0.2, 0.25) is 0 Å². The molecule has 0 atom stereocenters. The van der Waals surface area contributed by atoms with Crippen LogP contribution in [0.15, 0.2) is 40.8 Å². The number of carbonyl (C=O) groups is 1. The van der Waals surface area contributed by atoms with Crippen molar-refractivity contribution in [1.29, 1.82) is 0 Å². The van der Waals surface area contributed by atoms with Gasteiger partial charge >= 0.3 is 0 Å². The Bertz CT molecular complexity index is 635. The van der Waals surface area contributed by atoms with Gasteiger partial charge in [0.15, 0.2) is 0 Å². The van der Waals surface area contributed by atoms with Crippen molar-refractivity contribution < 1.29 is 13.2 Å². The third-order valence-corrected chi connectivity index (χ3v) is 4.88. The number of hydrogen-bond acceptors (Lipinski definition) is 3. The van der Waals surface area contributed by atoms with Crippen molar-refractivity contribution in [3.8, 4) is 0 Å². The van der Waals surface area contributed by atoms with Gasteiger partial charge in [-0.15, -0.1) is 0 Å². The van der Waals surface area contributed by atoms with Crippen LogP contribution in [0.4, 0.5) is 0 Å². The summed E-state index contributed by atoms with van der Waals surface area (Å²) in [4.78, 5) is 11.9. The maximum absolute atomic E-state index is 11.9. The van der Waals surface area contributed by atoms with E-state index in [0.717, 1.165) is 19.3 Å². The van der Waals surface area contributed by atoms with Crippen LogP contribution in [0.5, 0.6) is 0 Å². The van der Waals surface area contributed by atoms with E-state index in [-0.39, 0.29) is 10.8 Å². The number of benzene rings is 1. The Morgan fingerprint density at radius 2 is 1.90 bits per heavy atom. The van der Waals surface area contributed by atoms with E-state index in [1.54, 1.807) is 0 Å². The van der Waals surface area contributed by atoms with Gasteiger partial charge in [-0.2, -0.15) is 0 Å². The summed E-state index contributed by atoms with van der Waals surface area (Å²) in [6.07, 6.45) is 7.88. The Balaban J connectivity index is 1.87. The van der Waals surface area contributed by atoms with Crippen LogP contribution in [-0.2, 0) is 9.05 Å². The average Bonchev–Trinajstić information content (AvgIpc) is 2.47. The minimum Gasteiger partial charge on any atom is -0.352 e. The Morgan fingerprint density at radius 1 is 1.19 bits per heavy atom. The monoisotopic (exact) mass is 327 g/mol. The molecule has 0 heterocycles. The highest BCUT2D eigenvalue weighted by Gasteiger charge is 2.11. The van der Waals surface area contributed by atoms with Gasteiger partial charge in [0, 0.05) is 22.8 Å². The normalized spacial score (nSPS) is 15.4. The van der Waals surface area contributed by atoms with E-state index in [1.807, 2.05) is 0 Å². The zero-order chi connectivity index (χ0) is 15.3. The predicted molar refractivity (Wildman–Crippen MR) is 83.0 cm³/mol. The molecule has 0 spiro atoms. The number of halogens is 1. The van der Waals surface area contributed by atoms with Crippen molar-refractivity contribution in [3.05, 3.63) is 41.5 Å². The highest BCUT2D eigenvalue weighted by atomic mass is 35.7. The second-order valence-corrected chi connectivity index (χ2v) is 7.64. The SMILES string of the molecule is O=C(NCCC1=CCCCC1)c1ccc(S(=O)(=O)Cl)cc1. The van der Waals surface area contributed by atoms with Crippen LogP contribution >= 0.6 is 10.7 Å². The van der Waals surface area contributed by atoms with Gasteiger partial charge < -0.3 is 5.32 Å². The summed E-state index contributed by atoms with van der Waals surface area (Å²) in [6, 6.07) is 5.59. The largest absolute Gasteiger partial charge is 0.352 e. The molecule has 1 aliphatic carbocycles. The topological polar surface area (TPSA) is 63.2 Å². The van der Waals surface area contributed by atoms with E-state index in [0.29, 0.717) is 12.1 Å². The minimum absolute atomic E-state index is 0.00641. The molecule has 114 valence electrons. The molecular formula is C15H18ClNO3S. The smallest absolute Gasteiger partial charge is 0.261 e. The Kier molecular flexibility index (Phi) is 5.42. The lowest BCUT2D eigenvalue weighted by Gasteiger charge is -2.13. The first-order chi connectivity index (χ1) is 9.97. The minimum atomic E-state index is -3.74. The standard InChI is InChI=1S/C15H18ClNO3S/c16-21(19,20)14-8-6-13(7-9-14)15(18)17-11-10-12-4-2-1-3-5-12/h4,6-9H,1-3,5,10-11H2,(H,17,18). The molecule has 1 amide bonds. The first-order valence-corrected chi connectivity index (χ1v) is 9.28. The zero-order valence-corrected chi connectivity index (χ0v) is 13.2. The average molecular weight is 328 g/mol. The number of hydrogen-bond donors (Lipinski definition) is 1. The van der Waals surface area contributed by atoms with Crippen molar-refractivity contribution in [1.82, 2.24) is 5.32 Å². The Morgan fingerprint density at radius 3 is 2.48 bits per heavy atom. The third kappa shape index (κ3) is 4.86. The van der Waals surface area contributed by atoms with Crippen molar-refractivity contribution in [2.75, 3.05) is 6.54 Å². The van der Waals surface area contributed by atoms with E-state index >= 15 is 0 Å². The predicted octanol–water partition coefficient (Wildman–Crippen LogP) is 3.23. The maximum Gasteiger partial charge on any atom is 0.261 e. The first-order valence-electron chi connectivity index (χ1n) is 6.97. The molecule has 0 saturated heterocycles. The van der Waals surface area contributed by atoms with E-state index in [9.17, 15) is 13.2 Å². The van der Waals surface area contributed by atoms with Gasteiger partial charge in [0.25, 0.3) is 15.0 Å². The van der Waals surface area contributed by atoms with Gasteiger partial charge in [0.1, 0.15) is 0 Å². The van der Waals surface area contributed by atoms with Crippen LogP contribution in [0.2, 0.25) is 0 Å². The maximum atomic E-state index is 11.9. The van der Waals surface area contributed by atoms with Gasteiger partial charge in [-0.05, 0) is 56.4 Å². The second kappa shape index (κ2) is 7.09. The van der Waals surface area contributed by atoms with Crippen LogP contribution in [0.3, 0.4) is 0 Å². The van der Waals surface area contributed by atoms with E-state index in [2.05, 4.69) is 11.4 Å². The van der Waals surface area contributed by atoms with Crippen LogP contribution in [-0.4, -0.2) is 20.9 Å². The molecule has 21 heavy (non-hydrogen) atoms. The Hall–Kier alpha value is -1.33. The highest BCUT2D eigenvalue weighted by molar-refractivity contribution is 8.13. The second-order valence-electron chi connectivity index (χ2n) is 5.08. The summed E-state index contributed by atoms with van der Waals surface area (Å²) < 4.78 is 22.2. The number of rotatable bonds is 5. The molecule has 0 bridgehead atoms. The number of nitrogens with one attached hydrogen (secondary N) is 1. The van der Waals surface area contributed by atoms with Crippen LogP contribution in [0.1, 0.15) is 42.5 Å². The molecule has 6 heteroatoms. The molecule has 1 aromatic carbocycles. The van der Waals surface area contributed by atoms with Gasteiger partial charge in [-0.1, -0.05) is 11.6 Å². The van der Waals surface area contributed by atoms with Gasteiger partial charge in [-0.3, -0.25) is 4.79 Å². The molecule has 0 radical (unpaired) electrons. The molecule has 1 N–H and O–H groups in total. The molecule has 0 unspecified atom stereocenters. The Labute approximate surface area is 129 Å². The number of carbonyl (C=O) groups excluding carboxylic acids is 1. The van der Waals surface area contributed by atoms with Gasteiger partial charge in [-0.25, -0.2) is 8.42 Å². The molecular weight excluding hydrogens is 310 g/mol. The lowest BCUT2D eigenvalue weighted by atomic mass is 9.97. The fourth-order valence-electron chi connectivity index (χ4n) is 2.34. The quantitative estimate of drug-likeness (QED) is 0.667. The van der Waals surface area contributed by atoms with Crippen LogP contribution in [0, 0.1) is 0 Å². The molecule has 4 nitrogen and oxygen atoms in total. The van der Waals surface area contributed by atoms with E-state index < -0.39 is 9.05 Å².